The van der Waals surface area contributed by atoms with Crippen molar-refractivity contribution in [1.29, 1.82) is 0 Å². The van der Waals surface area contributed by atoms with E-state index in [-0.39, 0.29) is 0 Å². The van der Waals surface area contributed by atoms with Crippen molar-refractivity contribution >= 4 is 21.9 Å². The van der Waals surface area contributed by atoms with E-state index < -0.39 is 0 Å². The summed E-state index contributed by atoms with van der Waals surface area (Å²) in [7, 11) is 0. The summed E-state index contributed by atoms with van der Waals surface area (Å²) in [4.78, 5) is 14.9. The van der Waals surface area contributed by atoms with Gasteiger partial charge in [0, 0.05) is 22.3 Å². The Balaban J connectivity index is 1.03. The predicted octanol–water partition coefficient (Wildman–Crippen LogP) is 13.4. The zero-order valence-corrected chi connectivity index (χ0v) is 29.8. The van der Waals surface area contributed by atoms with Gasteiger partial charge in [0.25, 0.3) is 0 Å². The van der Waals surface area contributed by atoms with Gasteiger partial charge >= 0.3 is 0 Å². The summed E-state index contributed by atoms with van der Waals surface area (Å²) in [5.74, 6) is 1.31. The average Bonchev–Trinajstić information content (AvgIpc) is 3.71. The lowest BCUT2D eigenvalue weighted by Crippen LogP contribution is -1.96. The monoisotopic (exact) mass is 703 g/mol. The number of benzene rings is 8. The first kappa shape index (κ1) is 32.2. The number of hydrogen-bond acceptors (Lipinski definition) is 4. The molecular formula is C51H33N3O. The van der Waals surface area contributed by atoms with E-state index in [1.54, 1.807) is 0 Å². The van der Waals surface area contributed by atoms with Crippen LogP contribution >= 0.6 is 0 Å². The highest BCUT2D eigenvalue weighted by molar-refractivity contribution is 6.05. The minimum Gasteiger partial charge on any atom is -0.436 e. The van der Waals surface area contributed by atoms with Gasteiger partial charge in [0.2, 0.25) is 5.89 Å². The van der Waals surface area contributed by atoms with E-state index in [0.29, 0.717) is 11.7 Å². The lowest BCUT2D eigenvalue weighted by Gasteiger charge is -2.15. The molecule has 4 nitrogen and oxygen atoms in total. The summed E-state index contributed by atoms with van der Waals surface area (Å²) >= 11 is 0. The van der Waals surface area contributed by atoms with E-state index in [1.165, 1.54) is 16.3 Å². The van der Waals surface area contributed by atoms with Crippen LogP contribution in [0.1, 0.15) is 0 Å². The fraction of sp³-hybridized carbons (Fsp3) is 0. The van der Waals surface area contributed by atoms with Gasteiger partial charge in [0.05, 0.1) is 11.4 Å². The number of hydrogen-bond donors (Lipinski definition) is 0. The molecule has 0 N–H and O–H groups in total. The van der Waals surface area contributed by atoms with Crippen molar-refractivity contribution in [2.75, 3.05) is 0 Å². The van der Waals surface area contributed by atoms with Gasteiger partial charge in [0.1, 0.15) is 5.52 Å². The van der Waals surface area contributed by atoms with Crippen molar-refractivity contribution in [2.24, 2.45) is 0 Å². The van der Waals surface area contributed by atoms with E-state index in [2.05, 4.69) is 158 Å². The van der Waals surface area contributed by atoms with Crippen molar-refractivity contribution < 1.29 is 4.42 Å². The van der Waals surface area contributed by atoms with Crippen LogP contribution in [-0.2, 0) is 0 Å². The molecule has 10 aromatic rings. The van der Waals surface area contributed by atoms with Crippen molar-refractivity contribution in [3.8, 4) is 78.7 Å². The fourth-order valence-electron chi connectivity index (χ4n) is 7.35. The molecule has 0 saturated carbocycles. The second-order valence-electron chi connectivity index (χ2n) is 13.6. The highest BCUT2D eigenvalue weighted by Crippen LogP contribution is 2.40. The summed E-state index contributed by atoms with van der Waals surface area (Å²) in [6.07, 6.45) is 0. The van der Waals surface area contributed by atoms with Crippen LogP contribution in [0, 0.1) is 0 Å². The molecule has 0 fully saturated rings. The van der Waals surface area contributed by atoms with Crippen LogP contribution in [0.4, 0.5) is 0 Å². The molecule has 0 atom stereocenters. The quantitative estimate of drug-likeness (QED) is 0.166. The molecule has 0 aliphatic carbocycles. The zero-order valence-electron chi connectivity index (χ0n) is 29.8. The maximum Gasteiger partial charge on any atom is 0.227 e. The Bertz CT molecular complexity index is 2880. The largest absolute Gasteiger partial charge is 0.436 e. The first-order valence-corrected chi connectivity index (χ1v) is 18.4. The van der Waals surface area contributed by atoms with Crippen LogP contribution in [0.5, 0.6) is 0 Å². The summed E-state index contributed by atoms with van der Waals surface area (Å²) in [6.45, 7) is 0. The van der Waals surface area contributed by atoms with Gasteiger partial charge in [0.15, 0.2) is 11.4 Å². The molecule has 55 heavy (non-hydrogen) atoms. The predicted molar refractivity (Wildman–Crippen MR) is 225 cm³/mol. The molecule has 2 heterocycles. The maximum atomic E-state index is 6.44. The van der Waals surface area contributed by atoms with Gasteiger partial charge in [-0.3, -0.25) is 0 Å². The van der Waals surface area contributed by atoms with E-state index in [9.17, 15) is 0 Å². The van der Waals surface area contributed by atoms with Gasteiger partial charge in [-0.1, -0.05) is 170 Å². The van der Waals surface area contributed by atoms with Crippen LogP contribution in [0.25, 0.3) is 101 Å². The lowest BCUT2D eigenvalue weighted by molar-refractivity contribution is 0.620. The molecule has 258 valence electrons. The SMILES string of the molecule is c1ccc(-c2ccc(-c3nc4ccc(-c5c(-c6ccc(-c7cc(-c8ccccc8)nc(-c8ccccc8)n7)cc6)ccc6ccccc56)cc4o3)cc2)cc1. The molecule has 0 aliphatic heterocycles. The number of aromatic nitrogens is 3. The number of oxazole rings is 1. The smallest absolute Gasteiger partial charge is 0.227 e. The third-order valence-corrected chi connectivity index (χ3v) is 10.2. The van der Waals surface area contributed by atoms with Gasteiger partial charge in [-0.2, -0.15) is 0 Å². The fourth-order valence-corrected chi connectivity index (χ4v) is 7.35. The Morgan fingerprint density at radius 2 is 0.873 bits per heavy atom. The minimum absolute atomic E-state index is 0.607. The van der Waals surface area contributed by atoms with E-state index >= 15 is 0 Å². The van der Waals surface area contributed by atoms with E-state index in [4.69, 9.17) is 19.4 Å². The Kier molecular flexibility index (Phi) is 8.12. The Morgan fingerprint density at radius 3 is 1.58 bits per heavy atom. The molecule has 10 rings (SSSR count). The molecule has 0 bridgehead atoms. The second kappa shape index (κ2) is 13.8. The second-order valence-corrected chi connectivity index (χ2v) is 13.6. The summed E-state index contributed by atoms with van der Waals surface area (Å²) < 4.78 is 6.44. The van der Waals surface area contributed by atoms with Crippen molar-refractivity contribution in [3.63, 3.8) is 0 Å². The van der Waals surface area contributed by atoms with Crippen LogP contribution in [0.2, 0.25) is 0 Å². The van der Waals surface area contributed by atoms with Crippen molar-refractivity contribution in [1.82, 2.24) is 15.0 Å². The highest BCUT2D eigenvalue weighted by Gasteiger charge is 2.17. The van der Waals surface area contributed by atoms with Gasteiger partial charge < -0.3 is 4.42 Å². The maximum absolute atomic E-state index is 6.44. The number of rotatable bonds is 7. The minimum atomic E-state index is 0.607. The molecule has 8 aromatic carbocycles. The Hall–Kier alpha value is -7.43. The van der Waals surface area contributed by atoms with Gasteiger partial charge in [-0.05, 0) is 74.5 Å². The van der Waals surface area contributed by atoms with Gasteiger partial charge in [-0.15, -0.1) is 0 Å². The number of fused-ring (bicyclic) bond motifs is 2. The topological polar surface area (TPSA) is 51.8 Å². The average molecular weight is 704 g/mol. The molecule has 0 unspecified atom stereocenters. The third kappa shape index (κ3) is 6.26. The van der Waals surface area contributed by atoms with Crippen molar-refractivity contribution in [3.05, 3.63) is 200 Å². The molecule has 0 saturated heterocycles. The highest BCUT2D eigenvalue weighted by atomic mass is 16.3. The Morgan fingerprint density at radius 1 is 0.345 bits per heavy atom. The standard InChI is InChI=1S/C51H33N3O/c1-4-12-34(13-5-1)35-20-26-41(27-21-35)51-54-45-31-29-42(32-48(45)55-51)49-43-19-11-10-14-36(43)28-30-44(49)37-22-24-39(25-23-37)47-33-46(38-15-6-2-7-16-38)52-50(53-47)40-17-8-3-9-18-40/h1-33H. The third-order valence-electron chi connectivity index (χ3n) is 10.2. The van der Waals surface area contributed by atoms with Gasteiger partial charge in [-0.25, -0.2) is 15.0 Å². The number of nitrogens with zero attached hydrogens (tertiary/aromatic N) is 3. The van der Waals surface area contributed by atoms with Crippen LogP contribution in [0.3, 0.4) is 0 Å². The molecule has 0 amide bonds. The summed E-state index contributed by atoms with van der Waals surface area (Å²) in [6, 6.07) is 69.3. The summed E-state index contributed by atoms with van der Waals surface area (Å²) in [5.41, 5.74) is 14.2. The lowest BCUT2D eigenvalue weighted by atomic mass is 9.89. The van der Waals surface area contributed by atoms with E-state index in [1.807, 2.05) is 42.5 Å². The molecule has 2 aromatic heterocycles. The normalized spacial score (nSPS) is 11.3. The van der Waals surface area contributed by atoms with Crippen LogP contribution < -0.4 is 0 Å². The van der Waals surface area contributed by atoms with Crippen molar-refractivity contribution in [2.45, 2.75) is 0 Å². The zero-order chi connectivity index (χ0) is 36.6. The molecule has 0 spiro atoms. The molecule has 4 heteroatoms. The Labute approximate surface area is 319 Å². The first-order chi connectivity index (χ1) is 27.2. The molecule has 0 radical (unpaired) electrons. The first-order valence-electron chi connectivity index (χ1n) is 18.4. The molecular weight excluding hydrogens is 671 g/mol. The summed E-state index contributed by atoms with van der Waals surface area (Å²) in [5, 5.41) is 2.35. The molecule has 0 aliphatic rings. The van der Waals surface area contributed by atoms with Crippen LogP contribution in [-0.4, -0.2) is 15.0 Å². The van der Waals surface area contributed by atoms with Crippen LogP contribution in [0.15, 0.2) is 205 Å². The van der Waals surface area contributed by atoms with E-state index in [0.717, 1.165) is 72.6 Å².